The molecule has 1 aromatic carbocycles. The van der Waals surface area contributed by atoms with Gasteiger partial charge in [0.05, 0.1) is 0 Å². The zero-order valence-corrected chi connectivity index (χ0v) is 12.3. The minimum Gasteiger partial charge on any atom is -0.383 e. The number of halogens is 1. The summed E-state index contributed by atoms with van der Waals surface area (Å²) in [6.45, 7) is 0.358. The smallest absolute Gasteiger partial charge is 0.223 e. The van der Waals surface area contributed by atoms with Crippen LogP contribution in [0.5, 0.6) is 0 Å². The highest BCUT2D eigenvalue weighted by molar-refractivity contribution is 6.29. The van der Waals surface area contributed by atoms with Crippen LogP contribution in [0.1, 0.15) is 24.0 Å². The fourth-order valence-electron chi connectivity index (χ4n) is 2.84. The van der Waals surface area contributed by atoms with Gasteiger partial charge in [0.2, 0.25) is 5.95 Å². The van der Waals surface area contributed by atoms with Crippen molar-refractivity contribution in [2.75, 3.05) is 17.6 Å². The van der Waals surface area contributed by atoms with E-state index in [0.29, 0.717) is 18.8 Å². The average molecular weight is 305 g/mol. The predicted octanol–water partition coefficient (Wildman–Crippen LogP) is 2.35. The molecule has 6 heteroatoms. The molecule has 21 heavy (non-hydrogen) atoms. The largest absolute Gasteiger partial charge is 0.383 e. The molecule has 4 N–H and O–H groups in total. The molecule has 0 spiro atoms. The number of aromatic nitrogens is 2. The fraction of sp³-hybridized carbons (Fsp3) is 0.333. The van der Waals surface area contributed by atoms with Crippen LogP contribution in [0.25, 0.3) is 0 Å². The van der Waals surface area contributed by atoms with E-state index in [0.717, 1.165) is 18.4 Å². The standard InChI is InChI=1S/C15H17ClN4O/c16-12-8-13(20-14(17)19-12)18-9-15(21)7-3-5-10-4-1-2-6-11(10)15/h1-2,4,6,8,21H,3,5,7,9H2,(H3,17,18,19,20). The van der Waals surface area contributed by atoms with Crippen LogP contribution < -0.4 is 11.1 Å². The zero-order valence-electron chi connectivity index (χ0n) is 11.5. The first-order chi connectivity index (χ1) is 10.1. The molecular weight excluding hydrogens is 288 g/mol. The van der Waals surface area contributed by atoms with Crippen LogP contribution in [-0.4, -0.2) is 21.6 Å². The van der Waals surface area contributed by atoms with Crippen molar-refractivity contribution in [3.05, 3.63) is 46.6 Å². The molecule has 1 aromatic heterocycles. The van der Waals surface area contributed by atoms with Crippen molar-refractivity contribution in [1.82, 2.24) is 9.97 Å². The molecular formula is C15H17ClN4O. The Bertz CT molecular complexity index is 644. The second kappa shape index (κ2) is 5.50. The Labute approximate surface area is 128 Å². The van der Waals surface area contributed by atoms with Crippen LogP contribution in [0.2, 0.25) is 5.15 Å². The summed E-state index contributed by atoms with van der Waals surface area (Å²) in [6, 6.07) is 9.60. The summed E-state index contributed by atoms with van der Waals surface area (Å²) in [6.07, 6.45) is 2.68. The molecule has 1 atom stereocenters. The summed E-state index contributed by atoms with van der Waals surface area (Å²) >= 11 is 5.85. The number of aryl methyl sites for hydroxylation is 1. The number of anilines is 2. The summed E-state index contributed by atoms with van der Waals surface area (Å²) in [7, 11) is 0. The first-order valence-corrected chi connectivity index (χ1v) is 7.29. The van der Waals surface area contributed by atoms with Gasteiger partial charge in [0.15, 0.2) is 0 Å². The van der Waals surface area contributed by atoms with Crippen LogP contribution in [0.3, 0.4) is 0 Å². The maximum Gasteiger partial charge on any atom is 0.223 e. The van der Waals surface area contributed by atoms with Gasteiger partial charge in [-0.1, -0.05) is 35.9 Å². The highest BCUT2D eigenvalue weighted by Crippen LogP contribution is 2.35. The number of nitrogens with one attached hydrogen (secondary N) is 1. The molecule has 5 nitrogen and oxygen atoms in total. The van der Waals surface area contributed by atoms with E-state index in [1.54, 1.807) is 6.07 Å². The Morgan fingerprint density at radius 1 is 1.33 bits per heavy atom. The topological polar surface area (TPSA) is 84.1 Å². The summed E-state index contributed by atoms with van der Waals surface area (Å²) in [5.41, 5.74) is 6.85. The lowest BCUT2D eigenvalue weighted by Gasteiger charge is -2.34. The summed E-state index contributed by atoms with van der Waals surface area (Å²) in [4.78, 5) is 7.88. The molecule has 0 aliphatic heterocycles. The molecule has 0 saturated carbocycles. The lowest BCUT2D eigenvalue weighted by Crippen LogP contribution is -2.37. The molecule has 1 aliphatic rings. The predicted molar refractivity (Wildman–Crippen MR) is 83.2 cm³/mol. The Hall–Kier alpha value is -1.85. The van der Waals surface area contributed by atoms with Crippen LogP contribution >= 0.6 is 11.6 Å². The highest BCUT2D eigenvalue weighted by atomic mass is 35.5. The van der Waals surface area contributed by atoms with Gasteiger partial charge in [-0.15, -0.1) is 0 Å². The molecule has 0 radical (unpaired) electrons. The maximum absolute atomic E-state index is 11.0. The van der Waals surface area contributed by atoms with Gasteiger partial charge in [0, 0.05) is 12.6 Å². The van der Waals surface area contributed by atoms with Gasteiger partial charge in [0.1, 0.15) is 16.6 Å². The van der Waals surface area contributed by atoms with E-state index in [1.165, 1.54) is 5.56 Å². The van der Waals surface area contributed by atoms with Gasteiger partial charge >= 0.3 is 0 Å². The van der Waals surface area contributed by atoms with E-state index < -0.39 is 5.60 Å². The van der Waals surface area contributed by atoms with Gasteiger partial charge in [-0.3, -0.25) is 0 Å². The van der Waals surface area contributed by atoms with Gasteiger partial charge in [-0.05, 0) is 30.4 Å². The van der Waals surface area contributed by atoms with E-state index in [1.807, 2.05) is 18.2 Å². The minimum atomic E-state index is -0.902. The van der Waals surface area contributed by atoms with E-state index in [9.17, 15) is 5.11 Å². The SMILES string of the molecule is Nc1nc(Cl)cc(NCC2(O)CCCc3ccccc32)n1. The van der Waals surface area contributed by atoms with Crippen molar-refractivity contribution in [2.24, 2.45) is 0 Å². The Balaban J connectivity index is 1.81. The number of fused-ring (bicyclic) bond motifs is 1. The third-order valence-corrected chi connectivity index (χ3v) is 4.02. The number of rotatable bonds is 3. The number of nitrogen functional groups attached to an aromatic ring is 1. The van der Waals surface area contributed by atoms with Gasteiger partial charge in [-0.25, -0.2) is 4.98 Å². The van der Waals surface area contributed by atoms with Gasteiger partial charge in [-0.2, -0.15) is 4.98 Å². The summed E-state index contributed by atoms with van der Waals surface area (Å²) in [5.74, 6) is 0.630. The van der Waals surface area contributed by atoms with Crippen molar-refractivity contribution in [2.45, 2.75) is 24.9 Å². The lowest BCUT2D eigenvalue weighted by molar-refractivity contribution is 0.0322. The van der Waals surface area contributed by atoms with E-state index in [4.69, 9.17) is 17.3 Å². The van der Waals surface area contributed by atoms with E-state index >= 15 is 0 Å². The molecule has 2 aromatic rings. The normalized spacial score (nSPS) is 20.9. The van der Waals surface area contributed by atoms with Gasteiger partial charge < -0.3 is 16.2 Å². The number of nitrogens with zero attached hydrogens (tertiary/aromatic N) is 2. The first kappa shape index (κ1) is 14.1. The number of hydrogen-bond acceptors (Lipinski definition) is 5. The maximum atomic E-state index is 11.0. The van der Waals surface area contributed by atoms with Crippen LogP contribution in [0, 0.1) is 0 Å². The lowest BCUT2D eigenvalue weighted by atomic mass is 9.79. The second-order valence-corrected chi connectivity index (χ2v) is 5.72. The van der Waals surface area contributed by atoms with Crippen molar-refractivity contribution >= 4 is 23.4 Å². The average Bonchev–Trinajstić information content (AvgIpc) is 2.45. The molecule has 3 rings (SSSR count). The number of hydrogen-bond donors (Lipinski definition) is 3. The highest BCUT2D eigenvalue weighted by Gasteiger charge is 2.33. The van der Waals surface area contributed by atoms with Gasteiger partial charge in [0.25, 0.3) is 0 Å². The zero-order chi connectivity index (χ0) is 14.9. The number of aliphatic hydroxyl groups is 1. The third-order valence-electron chi connectivity index (χ3n) is 3.83. The molecule has 0 saturated heterocycles. The monoisotopic (exact) mass is 304 g/mol. The molecule has 1 aliphatic carbocycles. The Morgan fingerprint density at radius 2 is 2.14 bits per heavy atom. The van der Waals surface area contributed by atoms with Crippen LogP contribution in [0.15, 0.2) is 30.3 Å². The van der Waals surface area contributed by atoms with Crippen LogP contribution in [-0.2, 0) is 12.0 Å². The third kappa shape index (κ3) is 2.94. The number of nitrogens with two attached hydrogens (primary N) is 1. The Kier molecular flexibility index (Phi) is 3.69. The van der Waals surface area contributed by atoms with Crippen molar-refractivity contribution < 1.29 is 5.11 Å². The van der Waals surface area contributed by atoms with Crippen molar-refractivity contribution in [1.29, 1.82) is 0 Å². The molecule has 0 bridgehead atoms. The van der Waals surface area contributed by atoms with Crippen LogP contribution in [0.4, 0.5) is 11.8 Å². The molecule has 0 fully saturated rings. The number of benzene rings is 1. The summed E-state index contributed by atoms with van der Waals surface area (Å²) < 4.78 is 0. The molecule has 0 amide bonds. The Morgan fingerprint density at radius 3 is 2.95 bits per heavy atom. The fourth-order valence-corrected chi connectivity index (χ4v) is 3.03. The second-order valence-electron chi connectivity index (χ2n) is 5.33. The van der Waals surface area contributed by atoms with Crippen molar-refractivity contribution in [3.63, 3.8) is 0 Å². The van der Waals surface area contributed by atoms with E-state index in [-0.39, 0.29) is 11.1 Å². The quantitative estimate of drug-likeness (QED) is 0.758. The minimum absolute atomic E-state index is 0.112. The molecule has 110 valence electrons. The molecule has 1 heterocycles. The molecule has 1 unspecified atom stereocenters. The van der Waals surface area contributed by atoms with Crippen molar-refractivity contribution in [3.8, 4) is 0 Å². The summed E-state index contributed by atoms with van der Waals surface area (Å²) in [5, 5.41) is 14.3. The van der Waals surface area contributed by atoms with E-state index in [2.05, 4.69) is 21.4 Å². The first-order valence-electron chi connectivity index (χ1n) is 6.91.